The van der Waals surface area contributed by atoms with Crippen LogP contribution in [-0.2, 0) is 4.79 Å². The molecule has 3 N–H and O–H groups in total. The fourth-order valence-electron chi connectivity index (χ4n) is 1.84. The predicted octanol–water partition coefficient (Wildman–Crippen LogP) is 1.63. The summed E-state index contributed by atoms with van der Waals surface area (Å²) in [5.41, 5.74) is 5.23. The van der Waals surface area contributed by atoms with Crippen molar-refractivity contribution in [3.63, 3.8) is 0 Å². The maximum atomic E-state index is 11.9. The minimum atomic E-state index is -0.835. The van der Waals surface area contributed by atoms with Crippen LogP contribution >= 0.6 is 0 Å². The van der Waals surface area contributed by atoms with Gasteiger partial charge in [0.05, 0.1) is 11.1 Å². The maximum absolute atomic E-state index is 11.9. The average Bonchev–Trinajstić information content (AvgIpc) is 2.39. The number of amides is 2. The van der Waals surface area contributed by atoms with Gasteiger partial charge in [0.15, 0.2) is 16.8 Å². The Morgan fingerprint density at radius 2 is 2.10 bits per heavy atom. The first-order valence-corrected chi connectivity index (χ1v) is 6.19. The van der Waals surface area contributed by atoms with Crippen molar-refractivity contribution in [3.8, 4) is 0 Å². The molecule has 2 amide bonds. The van der Waals surface area contributed by atoms with Crippen molar-refractivity contribution in [2.45, 2.75) is 19.8 Å². The van der Waals surface area contributed by atoms with E-state index in [1.807, 2.05) is 6.92 Å². The monoisotopic (exact) mass is 274 g/mol. The second-order valence-electron chi connectivity index (χ2n) is 4.32. The number of hydrogen-bond donors (Lipinski definition) is 2. The minimum absolute atomic E-state index is 0.151. The third kappa shape index (κ3) is 2.69. The van der Waals surface area contributed by atoms with Gasteiger partial charge in [0.2, 0.25) is 5.91 Å². The van der Waals surface area contributed by atoms with E-state index in [-0.39, 0.29) is 28.1 Å². The number of benzene rings is 1. The van der Waals surface area contributed by atoms with Gasteiger partial charge in [-0.3, -0.25) is 14.4 Å². The Balaban J connectivity index is 2.58. The van der Waals surface area contributed by atoms with Gasteiger partial charge in [-0.2, -0.15) is 0 Å². The van der Waals surface area contributed by atoms with Gasteiger partial charge in [-0.15, -0.1) is 0 Å². The molecule has 1 aromatic heterocycles. The maximum Gasteiger partial charge on any atom is 0.284 e. The first-order chi connectivity index (χ1) is 9.52. The largest absolute Gasteiger partial charge is 0.448 e. The molecule has 20 heavy (non-hydrogen) atoms. The first kappa shape index (κ1) is 13.8. The van der Waals surface area contributed by atoms with Crippen molar-refractivity contribution in [1.82, 2.24) is 0 Å². The molecule has 0 unspecified atom stereocenters. The molecule has 0 aliphatic heterocycles. The molecule has 6 nitrogen and oxygen atoms in total. The quantitative estimate of drug-likeness (QED) is 0.884. The zero-order chi connectivity index (χ0) is 14.7. The van der Waals surface area contributed by atoms with Crippen LogP contribution in [0.3, 0.4) is 0 Å². The SMILES string of the molecule is CCCC(=O)Nc1cccc2c(=O)cc(C(N)=O)oc12. The molecular formula is C14H14N2O4. The number of primary amides is 1. The standard InChI is InChI=1S/C14H14N2O4/c1-2-4-12(18)16-9-6-3-5-8-10(17)7-11(14(15)19)20-13(8)9/h3,5-7H,2,4H2,1H3,(H2,15,19)(H,16,18). The summed E-state index contributed by atoms with van der Waals surface area (Å²) in [4.78, 5) is 34.7. The summed E-state index contributed by atoms with van der Waals surface area (Å²) < 4.78 is 5.32. The third-order valence-electron chi connectivity index (χ3n) is 2.75. The predicted molar refractivity (Wildman–Crippen MR) is 74.5 cm³/mol. The van der Waals surface area contributed by atoms with E-state index < -0.39 is 5.91 Å². The van der Waals surface area contributed by atoms with Crippen LogP contribution in [-0.4, -0.2) is 11.8 Å². The van der Waals surface area contributed by atoms with E-state index in [1.165, 1.54) is 0 Å². The lowest BCUT2D eigenvalue weighted by molar-refractivity contribution is -0.116. The van der Waals surface area contributed by atoms with Crippen molar-refractivity contribution < 1.29 is 14.0 Å². The van der Waals surface area contributed by atoms with Gasteiger partial charge >= 0.3 is 0 Å². The molecule has 1 heterocycles. The summed E-state index contributed by atoms with van der Waals surface area (Å²) >= 11 is 0. The summed E-state index contributed by atoms with van der Waals surface area (Å²) in [7, 11) is 0. The lowest BCUT2D eigenvalue weighted by Gasteiger charge is -2.07. The smallest absolute Gasteiger partial charge is 0.284 e. The second kappa shape index (κ2) is 5.56. The Morgan fingerprint density at radius 1 is 1.35 bits per heavy atom. The third-order valence-corrected chi connectivity index (χ3v) is 2.75. The van der Waals surface area contributed by atoms with Crippen molar-refractivity contribution in [3.05, 3.63) is 40.2 Å². The van der Waals surface area contributed by atoms with Crippen LogP contribution in [0.1, 0.15) is 30.3 Å². The number of nitrogens with two attached hydrogens (primary N) is 1. The molecule has 104 valence electrons. The number of carbonyl (C=O) groups is 2. The molecule has 2 rings (SSSR count). The normalized spacial score (nSPS) is 10.4. The molecule has 0 atom stereocenters. The highest BCUT2D eigenvalue weighted by Crippen LogP contribution is 2.22. The Hall–Kier alpha value is -2.63. The van der Waals surface area contributed by atoms with E-state index in [0.29, 0.717) is 18.5 Å². The highest BCUT2D eigenvalue weighted by atomic mass is 16.3. The molecule has 0 aliphatic carbocycles. The average molecular weight is 274 g/mol. The van der Waals surface area contributed by atoms with Gasteiger partial charge in [-0.05, 0) is 18.6 Å². The van der Waals surface area contributed by atoms with Crippen LogP contribution in [0, 0.1) is 0 Å². The van der Waals surface area contributed by atoms with E-state index in [4.69, 9.17) is 10.2 Å². The second-order valence-corrected chi connectivity index (χ2v) is 4.32. The van der Waals surface area contributed by atoms with Crippen molar-refractivity contribution in [2.75, 3.05) is 5.32 Å². The van der Waals surface area contributed by atoms with Gasteiger partial charge in [0.1, 0.15) is 0 Å². The molecule has 0 aliphatic rings. The number of hydrogen-bond acceptors (Lipinski definition) is 4. The van der Waals surface area contributed by atoms with Gasteiger partial charge in [0.25, 0.3) is 5.91 Å². The zero-order valence-electron chi connectivity index (χ0n) is 10.9. The number of nitrogens with one attached hydrogen (secondary N) is 1. The molecular weight excluding hydrogens is 260 g/mol. The summed E-state index contributed by atoms with van der Waals surface area (Å²) in [6.45, 7) is 1.88. The van der Waals surface area contributed by atoms with Crippen molar-refractivity contribution in [1.29, 1.82) is 0 Å². The van der Waals surface area contributed by atoms with Crippen LogP contribution in [0.4, 0.5) is 5.69 Å². The van der Waals surface area contributed by atoms with Gasteiger partial charge in [0, 0.05) is 12.5 Å². The van der Waals surface area contributed by atoms with Crippen LogP contribution in [0.15, 0.2) is 33.5 Å². The molecule has 0 saturated carbocycles. The fourth-order valence-corrected chi connectivity index (χ4v) is 1.84. The van der Waals surface area contributed by atoms with E-state index in [1.54, 1.807) is 18.2 Å². The Kier molecular flexibility index (Phi) is 3.84. The lowest BCUT2D eigenvalue weighted by atomic mass is 10.2. The van der Waals surface area contributed by atoms with E-state index in [2.05, 4.69) is 5.32 Å². The Labute approximate surface area is 114 Å². The summed E-state index contributed by atoms with van der Waals surface area (Å²) in [6, 6.07) is 5.83. The molecule has 2 aromatic rings. The molecule has 0 saturated heterocycles. The molecule has 0 radical (unpaired) electrons. The fraction of sp³-hybridized carbons (Fsp3) is 0.214. The van der Waals surface area contributed by atoms with Crippen LogP contribution < -0.4 is 16.5 Å². The van der Waals surface area contributed by atoms with E-state index >= 15 is 0 Å². The molecule has 0 bridgehead atoms. The molecule has 0 fully saturated rings. The molecule has 6 heteroatoms. The summed E-state index contributed by atoms with van der Waals surface area (Å²) in [5, 5.41) is 2.94. The molecule has 1 aromatic carbocycles. The van der Waals surface area contributed by atoms with Gasteiger partial charge < -0.3 is 15.5 Å². The molecule has 0 spiro atoms. The van der Waals surface area contributed by atoms with Crippen molar-refractivity contribution >= 4 is 28.5 Å². The first-order valence-electron chi connectivity index (χ1n) is 6.19. The van der Waals surface area contributed by atoms with Gasteiger partial charge in [-0.1, -0.05) is 13.0 Å². The van der Waals surface area contributed by atoms with Crippen LogP contribution in [0.25, 0.3) is 11.0 Å². The van der Waals surface area contributed by atoms with E-state index in [0.717, 1.165) is 6.07 Å². The lowest BCUT2D eigenvalue weighted by Crippen LogP contribution is -2.16. The number of fused-ring (bicyclic) bond motifs is 1. The number of carbonyl (C=O) groups excluding carboxylic acids is 2. The Bertz CT molecular complexity index is 734. The van der Waals surface area contributed by atoms with Gasteiger partial charge in [-0.25, -0.2) is 0 Å². The highest BCUT2D eigenvalue weighted by molar-refractivity contribution is 6.00. The topological polar surface area (TPSA) is 102 Å². The van der Waals surface area contributed by atoms with E-state index in [9.17, 15) is 14.4 Å². The number of para-hydroxylation sites is 1. The summed E-state index contributed by atoms with van der Waals surface area (Å²) in [6.07, 6.45) is 1.06. The zero-order valence-corrected chi connectivity index (χ0v) is 10.9. The number of anilines is 1. The highest BCUT2D eigenvalue weighted by Gasteiger charge is 2.13. The van der Waals surface area contributed by atoms with Crippen molar-refractivity contribution in [2.24, 2.45) is 5.73 Å². The number of rotatable bonds is 4. The summed E-state index contributed by atoms with van der Waals surface area (Å²) in [5.74, 6) is -1.26. The Morgan fingerprint density at radius 3 is 2.75 bits per heavy atom. The minimum Gasteiger partial charge on any atom is -0.448 e. The van der Waals surface area contributed by atoms with Crippen LogP contribution in [0.2, 0.25) is 0 Å². The van der Waals surface area contributed by atoms with Crippen LogP contribution in [0.5, 0.6) is 0 Å².